The Morgan fingerprint density at radius 3 is 3.19 bits per heavy atom. The number of furan rings is 1. The molecule has 0 saturated heterocycles. The van der Waals surface area contributed by atoms with Gasteiger partial charge in [0.15, 0.2) is 0 Å². The lowest BCUT2D eigenvalue weighted by Crippen LogP contribution is -2.15. The van der Waals surface area contributed by atoms with E-state index in [0.717, 1.165) is 18.6 Å². The van der Waals surface area contributed by atoms with Gasteiger partial charge in [0.2, 0.25) is 0 Å². The van der Waals surface area contributed by atoms with Crippen LogP contribution in [-0.2, 0) is 13.5 Å². The molecule has 3 rings (SSSR count). The molecule has 0 saturated carbocycles. The van der Waals surface area contributed by atoms with E-state index in [1.54, 1.807) is 6.26 Å². The number of hydrogen-bond acceptors (Lipinski definition) is 2. The van der Waals surface area contributed by atoms with Crippen LogP contribution < -0.4 is 0 Å². The van der Waals surface area contributed by atoms with E-state index in [1.807, 2.05) is 30.1 Å². The Kier molecular flexibility index (Phi) is 2.28. The minimum Gasteiger partial charge on any atom is -0.469 e. The molecule has 0 bridgehead atoms. The zero-order valence-electron chi connectivity index (χ0n) is 9.06. The van der Waals surface area contributed by atoms with Gasteiger partial charge in [0.1, 0.15) is 5.76 Å². The van der Waals surface area contributed by atoms with E-state index in [1.165, 1.54) is 11.3 Å². The first kappa shape index (κ1) is 9.97. The number of hydrogen-bond donors (Lipinski definition) is 0. The number of fused-ring (bicyclic) bond motifs is 1. The minimum atomic E-state index is 0.0487. The molecule has 0 amide bonds. The van der Waals surface area contributed by atoms with Crippen LogP contribution in [0.3, 0.4) is 0 Å². The van der Waals surface area contributed by atoms with E-state index in [0.29, 0.717) is 5.92 Å². The van der Waals surface area contributed by atoms with Crippen molar-refractivity contribution in [2.45, 2.75) is 24.1 Å². The van der Waals surface area contributed by atoms with E-state index in [4.69, 9.17) is 16.0 Å². The van der Waals surface area contributed by atoms with Crippen molar-refractivity contribution in [1.29, 1.82) is 0 Å². The maximum Gasteiger partial charge on any atom is 0.107 e. The molecular formula is C12H13ClN2O. The number of alkyl halides is 1. The second kappa shape index (κ2) is 3.67. The summed E-state index contributed by atoms with van der Waals surface area (Å²) in [5.41, 5.74) is 2.40. The van der Waals surface area contributed by atoms with Crippen LogP contribution in [0.5, 0.6) is 0 Å². The van der Waals surface area contributed by atoms with Gasteiger partial charge in [0, 0.05) is 24.2 Å². The smallest absolute Gasteiger partial charge is 0.107 e. The average molecular weight is 237 g/mol. The summed E-state index contributed by atoms with van der Waals surface area (Å²) in [6, 6.07) is 3.95. The molecule has 3 nitrogen and oxygen atoms in total. The van der Waals surface area contributed by atoms with Crippen LogP contribution >= 0.6 is 11.6 Å². The maximum atomic E-state index is 6.38. The van der Waals surface area contributed by atoms with Gasteiger partial charge in [-0.15, -0.1) is 11.6 Å². The van der Waals surface area contributed by atoms with Crippen LogP contribution in [0, 0.1) is 0 Å². The average Bonchev–Trinajstić information content (AvgIpc) is 2.88. The van der Waals surface area contributed by atoms with Crippen molar-refractivity contribution >= 4 is 11.6 Å². The lowest BCUT2D eigenvalue weighted by molar-refractivity contribution is 0.423. The molecule has 0 aliphatic heterocycles. The number of rotatable bonds is 1. The largest absolute Gasteiger partial charge is 0.469 e. The molecule has 0 N–H and O–H groups in total. The molecule has 4 heteroatoms. The lowest BCUT2D eigenvalue weighted by Gasteiger charge is -2.24. The molecule has 1 aliphatic carbocycles. The van der Waals surface area contributed by atoms with Crippen molar-refractivity contribution in [1.82, 2.24) is 9.78 Å². The molecule has 84 valence electrons. The van der Waals surface area contributed by atoms with Crippen LogP contribution in [0.2, 0.25) is 0 Å². The SMILES string of the molecule is Cn1ncc2c1CC(c1ccco1)CC2Cl. The van der Waals surface area contributed by atoms with Crippen LogP contribution in [-0.4, -0.2) is 9.78 Å². The second-order valence-corrected chi connectivity index (χ2v) is 4.82. The molecule has 0 aromatic carbocycles. The fraction of sp³-hybridized carbons (Fsp3) is 0.417. The van der Waals surface area contributed by atoms with Crippen molar-refractivity contribution in [3.63, 3.8) is 0 Å². The first-order valence-electron chi connectivity index (χ1n) is 5.44. The second-order valence-electron chi connectivity index (χ2n) is 4.29. The Bertz CT molecular complexity index is 489. The Morgan fingerprint density at radius 2 is 2.44 bits per heavy atom. The third kappa shape index (κ3) is 1.47. The fourth-order valence-corrected chi connectivity index (χ4v) is 2.82. The molecule has 16 heavy (non-hydrogen) atoms. The highest BCUT2D eigenvalue weighted by atomic mass is 35.5. The minimum absolute atomic E-state index is 0.0487. The highest BCUT2D eigenvalue weighted by molar-refractivity contribution is 6.21. The summed E-state index contributed by atoms with van der Waals surface area (Å²) in [4.78, 5) is 0. The summed E-state index contributed by atoms with van der Waals surface area (Å²) in [5, 5.41) is 4.31. The molecule has 0 spiro atoms. The predicted molar refractivity (Wildman–Crippen MR) is 61.6 cm³/mol. The van der Waals surface area contributed by atoms with E-state index < -0.39 is 0 Å². The zero-order valence-corrected chi connectivity index (χ0v) is 9.81. The van der Waals surface area contributed by atoms with Crippen molar-refractivity contribution in [2.24, 2.45) is 7.05 Å². The van der Waals surface area contributed by atoms with Crippen LogP contribution in [0.25, 0.3) is 0 Å². The number of aromatic nitrogens is 2. The van der Waals surface area contributed by atoms with Crippen LogP contribution in [0.4, 0.5) is 0 Å². The predicted octanol–water partition coefficient (Wildman–Crippen LogP) is 3.02. The van der Waals surface area contributed by atoms with Crippen molar-refractivity contribution in [2.75, 3.05) is 0 Å². The van der Waals surface area contributed by atoms with Gasteiger partial charge in [0.05, 0.1) is 17.8 Å². The van der Waals surface area contributed by atoms with Gasteiger partial charge >= 0.3 is 0 Å². The molecule has 2 heterocycles. The number of halogens is 1. The van der Waals surface area contributed by atoms with E-state index in [2.05, 4.69) is 5.10 Å². The van der Waals surface area contributed by atoms with Crippen molar-refractivity contribution < 1.29 is 4.42 Å². The number of aryl methyl sites for hydroxylation is 1. The maximum absolute atomic E-state index is 6.38. The van der Waals surface area contributed by atoms with Gasteiger partial charge in [-0.05, 0) is 25.0 Å². The Morgan fingerprint density at radius 1 is 1.56 bits per heavy atom. The molecule has 2 aromatic rings. The quantitative estimate of drug-likeness (QED) is 0.713. The Labute approximate surface area is 99.0 Å². The molecule has 2 aromatic heterocycles. The lowest BCUT2D eigenvalue weighted by atomic mass is 9.86. The van der Waals surface area contributed by atoms with Gasteiger partial charge in [-0.2, -0.15) is 5.10 Å². The highest BCUT2D eigenvalue weighted by Crippen LogP contribution is 2.41. The van der Waals surface area contributed by atoms with Crippen molar-refractivity contribution in [3.05, 3.63) is 41.6 Å². The monoisotopic (exact) mass is 236 g/mol. The van der Waals surface area contributed by atoms with E-state index in [9.17, 15) is 0 Å². The Balaban J connectivity index is 1.97. The summed E-state index contributed by atoms with van der Waals surface area (Å²) >= 11 is 6.38. The van der Waals surface area contributed by atoms with Gasteiger partial charge < -0.3 is 4.42 Å². The van der Waals surface area contributed by atoms with Gasteiger partial charge in [-0.25, -0.2) is 0 Å². The summed E-state index contributed by atoms with van der Waals surface area (Å²) < 4.78 is 7.38. The zero-order chi connectivity index (χ0) is 11.1. The first-order valence-corrected chi connectivity index (χ1v) is 5.87. The molecule has 0 fully saturated rings. The molecular weight excluding hydrogens is 224 g/mol. The van der Waals surface area contributed by atoms with Gasteiger partial charge in [-0.3, -0.25) is 4.68 Å². The first-order chi connectivity index (χ1) is 7.75. The topological polar surface area (TPSA) is 31.0 Å². The molecule has 2 atom stereocenters. The van der Waals surface area contributed by atoms with E-state index in [-0.39, 0.29) is 5.38 Å². The summed E-state index contributed by atoms with van der Waals surface area (Å²) in [7, 11) is 1.97. The van der Waals surface area contributed by atoms with E-state index >= 15 is 0 Å². The standard InChI is InChI=1S/C12H13ClN2O/c1-15-11-6-8(12-3-2-4-16-12)5-10(13)9(11)7-14-15/h2-4,7-8,10H,5-6H2,1H3. The summed E-state index contributed by atoms with van der Waals surface area (Å²) in [6.45, 7) is 0. The normalized spacial score (nSPS) is 24.4. The summed E-state index contributed by atoms with van der Waals surface area (Å²) in [5.74, 6) is 1.40. The van der Waals surface area contributed by atoms with Crippen LogP contribution in [0.15, 0.2) is 29.0 Å². The Hall–Kier alpha value is -1.22. The van der Waals surface area contributed by atoms with Crippen LogP contribution in [0.1, 0.15) is 34.7 Å². The fourth-order valence-electron chi connectivity index (χ4n) is 2.43. The number of nitrogens with zero attached hydrogens (tertiary/aromatic N) is 2. The highest BCUT2D eigenvalue weighted by Gasteiger charge is 2.30. The third-order valence-electron chi connectivity index (χ3n) is 3.31. The molecule has 1 aliphatic rings. The van der Waals surface area contributed by atoms with Gasteiger partial charge in [0.25, 0.3) is 0 Å². The van der Waals surface area contributed by atoms with Crippen molar-refractivity contribution in [3.8, 4) is 0 Å². The third-order valence-corrected chi connectivity index (χ3v) is 3.72. The molecule has 0 radical (unpaired) electrons. The summed E-state index contributed by atoms with van der Waals surface area (Å²) in [6.07, 6.45) is 5.49. The molecule has 2 unspecified atom stereocenters. The van der Waals surface area contributed by atoms with Gasteiger partial charge in [-0.1, -0.05) is 0 Å².